The van der Waals surface area contributed by atoms with E-state index in [1.807, 2.05) is 6.26 Å². The molecule has 0 fully saturated rings. The Bertz CT molecular complexity index is 316. The van der Waals surface area contributed by atoms with Crippen molar-refractivity contribution in [3.63, 3.8) is 0 Å². The molecule has 0 aliphatic carbocycles. The number of rotatable bonds is 1. The monoisotopic (exact) mass is 284 g/mol. The van der Waals surface area contributed by atoms with Crippen LogP contribution in [0.2, 0.25) is 0 Å². The second-order valence-corrected chi connectivity index (χ2v) is 5.33. The Kier molecular flexibility index (Phi) is 4.67. The van der Waals surface area contributed by atoms with Crippen molar-refractivity contribution in [2.45, 2.75) is 29.4 Å². The Balaban J connectivity index is 3.56. The summed E-state index contributed by atoms with van der Waals surface area (Å²) >= 11 is 23.2. The van der Waals surface area contributed by atoms with E-state index in [9.17, 15) is 0 Å². The zero-order valence-electron chi connectivity index (χ0n) is 6.64. The first-order valence-corrected chi connectivity index (χ1v) is 6.69. The van der Waals surface area contributed by atoms with Gasteiger partial charge in [0.05, 0.1) is 0 Å². The lowest BCUT2D eigenvalue weighted by Gasteiger charge is -2.13. The fraction of sp³-hybridized carbons (Fsp3) is 0.143. The van der Waals surface area contributed by atoms with E-state index in [1.165, 1.54) is 0 Å². The molecule has 0 radical (unpaired) electrons. The van der Waals surface area contributed by atoms with Crippen LogP contribution in [0.25, 0.3) is 0 Å². The quantitative estimate of drug-likeness (QED) is 0.386. The third-order valence-corrected chi connectivity index (χ3v) is 5.59. The Labute approximate surface area is 110 Å². The first-order chi connectivity index (χ1) is 6.00. The van der Waals surface area contributed by atoms with Crippen LogP contribution in [0.5, 0.6) is 0 Å². The lowest BCUT2D eigenvalue weighted by atomic mass is 10.3. The van der Waals surface area contributed by atoms with Crippen molar-refractivity contribution >= 4 is 74.9 Å². The van der Waals surface area contributed by atoms with Crippen LogP contribution in [0.3, 0.4) is 0 Å². The Morgan fingerprint density at radius 2 is 1.00 bits per heavy atom. The smallest absolute Gasteiger partial charge is 0.0360 e. The largest absolute Gasteiger partial charge is 0.141 e. The van der Waals surface area contributed by atoms with Gasteiger partial charge in [-0.15, -0.1) is 74.9 Å². The molecule has 0 heterocycles. The molecule has 0 aliphatic heterocycles. The van der Waals surface area contributed by atoms with Gasteiger partial charge in [-0.25, -0.2) is 0 Å². The van der Waals surface area contributed by atoms with E-state index in [4.69, 9.17) is 0 Å². The summed E-state index contributed by atoms with van der Waals surface area (Å²) in [5, 5.41) is 0. The van der Waals surface area contributed by atoms with E-state index in [2.05, 4.69) is 63.1 Å². The van der Waals surface area contributed by atoms with E-state index < -0.39 is 0 Å². The standard InChI is InChI=1S/C7H8S6/c1-13-7-5(11)3(9)2(8)4(10)6(7)12/h8-12H,1H3. The van der Waals surface area contributed by atoms with Crippen LogP contribution in [0, 0.1) is 0 Å². The first-order valence-electron chi connectivity index (χ1n) is 3.23. The molecule has 1 rings (SSSR count). The van der Waals surface area contributed by atoms with Gasteiger partial charge in [0.15, 0.2) is 0 Å². The van der Waals surface area contributed by atoms with Crippen LogP contribution in [0.15, 0.2) is 29.4 Å². The van der Waals surface area contributed by atoms with Gasteiger partial charge in [-0.2, -0.15) is 0 Å². The van der Waals surface area contributed by atoms with Crippen molar-refractivity contribution < 1.29 is 0 Å². The van der Waals surface area contributed by atoms with Crippen LogP contribution in [0.1, 0.15) is 0 Å². The Hall–Kier alpha value is 1.32. The highest BCUT2D eigenvalue weighted by Crippen LogP contribution is 2.42. The van der Waals surface area contributed by atoms with Gasteiger partial charge in [0.1, 0.15) is 0 Å². The fourth-order valence-corrected chi connectivity index (χ4v) is 3.62. The molecular formula is C7H8S6. The zero-order valence-corrected chi connectivity index (χ0v) is 11.9. The number of benzene rings is 1. The first kappa shape index (κ1) is 12.4. The maximum Gasteiger partial charge on any atom is 0.0360 e. The molecule has 0 atom stereocenters. The molecule has 0 spiro atoms. The van der Waals surface area contributed by atoms with Crippen LogP contribution in [-0.4, -0.2) is 6.26 Å². The van der Waals surface area contributed by atoms with E-state index in [0.717, 1.165) is 29.4 Å². The van der Waals surface area contributed by atoms with Crippen molar-refractivity contribution in [2.75, 3.05) is 6.26 Å². The van der Waals surface area contributed by atoms with Gasteiger partial charge in [-0.05, 0) is 6.26 Å². The SMILES string of the molecule is CSc1c(S)c(S)c(S)c(S)c1S. The van der Waals surface area contributed by atoms with Crippen molar-refractivity contribution in [1.82, 2.24) is 0 Å². The molecule has 0 saturated carbocycles. The number of hydrogen-bond acceptors (Lipinski definition) is 6. The molecule has 0 saturated heterocycles. The predicted molar refractivity (Wildman–Crippen MR) is 74.5 cm³/mol. The average molecular weight is 285 g/mol. The molecule has 13 heavy (non-hydrogen) atoms. The van der Waals surface area contributed by atoms with Gasteiger partial charge >= 0.3 is 0 Å². The van der Waals surface area contributed by atoms with Crippen LogP contribution in [0.4, 0.5) is 0 Å². The highest BCUT2D eigenvalue weighted by Gasteiger charge is 2.14. The van der Waals surface area contributed by atoms with Crippen molar-refractivity contribution in [2.24, 2.45) is 0 Å². The molecule has 0 N–H and O–H groups in total. The predicted octanol–water partition coefficient (Wildman–Crippen LogP) is 3.85. The molecule has 1 aromatic carbocycles. The summed E-state index contributed by atoms with van der Waals surface area (Å²) in [6, 6.07) is 0. The maximum atomic E-state index is 4.35. The molecule has 1 aromatic rings. The van der Waals surface area contributed by atoms with Gasteiger partial charge in [0, 0.05) is 29.4 Å². The normalized spacial score (nSPS) is 10.6. The average Bonchev–Trinajstić information content (AvgIpc) is 2.13. The third-order valence-electron chi connectivity index (χ3n) is 1.53. The molecule has 0 unspecified atom stereocenters. The van der Waals surface area contributed by atoms with Crippen molar-refractivity contribution in [1.29, 1.82) is 0 Å². The second kappa shape index (κ2) is 4.90. The summed E-state index contributed by atoms with van der Waals surface area (Å²) < 4.78 is 0. The van der Waals surface area contributed by atoms with Crippen molar-refractivity contribution in [3.8, 4) is 0 Å². The van der Waals surface area contributed by atoms with Gasteiger partial charge < -0.3 is 0 Å². The summed E-state index contributed by atoms with van der Waals surface area (Å²) in [7, 11) is 0. The third kappa shape index (κ3) is 2.29. The number of hydrogen-bond donors (Lipinski definition) is 5. The highest BCUT2D eigenvalue weighted by atomic mass is 32.2. The topological polar surface area (TPSA) is 0 Å². The van der Waals surface area contributed by atoms with Gasteiger partial charge in [-0.1, -0.05) is 0 Å². The maximum absolute atomic E-state index is 4.35. The Morgan fingerprint density at radius 3 is 1.31 bits per heavy atom. The van der Waals surface area contributed by atoms with E-state index in [0.29, 0.717) is 0 Å². The number of thiol groups is 5. The van der Waals surface area contributed by atoms with E-state index in [-0.39, 0.29) is 0 Å². The molecular weight excluding hydrogens is 276 g/mol. The summed E-state index contributed by atoms with van der Waals surface area (Å²) in [6.07, 6.45) is 1.97. The van der Waals surface area contributed by atoms with E-state index >= 15 is 0 Å². The lowest BCUT2D eigenvalue weighted by Crippen LogP contribution is -1.86. The minimum atomic E-state index is 0.722. The summed E-state index contributed by atoms with van der Waals surface area (Å²) in [5.41, 5.74) is 0. The van der Waals surface area contributed by atoms with Crippen LogP contribution < -0.4 is 0 Å². The fourth-order valence-electron chi connectivity index (χ4n) is 0.857. The van der Waals surface area contributed by atoms with Crippen LogP contribution in [-0.2, 0) is 0 Å². The second-order valence-electron chi connectivity index (χ2n) is 2.28. The summed E-state index contributed by atoms with van der Waals surface area (Å²) in [4.78, 5) is 4.82. The van der Waals surface area contributed by atoms with Gasteiger partial charge in [0.2, 0.25) is 0 Å². The van der Waals surface area contributed by atoms with E-state index in [1.54, 1.807) is 11.8 Å². The molecule has 0 aliphatic rings. The molecule has 0 aromatic heterocycles. The molecule has 0 nitrogen and oxygen atoms in total. The minimum Gasteiger partial charge on any atom is -0.141 e. The lowest BCUT2D eigenvalue weighted by molar-refractivity contribution is 0.890. The van der Waals surface area contributed by atoms with Crippen LogP contribution >= 0.6 is 74.9 Å². The molecule has 0 amide bonds. The Morgan fingerprint density at radius 1 is 0.692 bits per heavy atom. The molecule has 6 heteroatoms. The molecule has 72 valence electrons. The summed E-state index contributed by atoms with van der Waals surface area (Å²) in [5.74, 6) is 0. The van der Waals surface area contributed by atoms with Gasteiger partial charge in [-0.3, -0.25) is 0 Å². The van der Waals surface area contributed by atoms with Gasteiger partial charge in [0.25, 0.3) is 0 Å². The zero-order chi connectivity index (χ0) is 10.2. The minimum absolute atomic E-state index is 0.722. The van der Waals surface area contributed by atoms with Crippen molar-refractivity contribution in [3.05, 3.63) is 0 Å². The highest BCUT2D eigenvalue weighted by molar-refractivity contribution is 7.99. The number of thioether (sulfide) groups is 1. The molecule has 0 bridgehead atoms. The summed E-state index contributed by atoms with van der Waals surface area (Å²) in [6.45, 7) is 0.